The van der Waals surface area contributed by atoms with Crippen molar-refractivity contribution in [3.63, 3.8) is 0 Å². The number of hydrogen-bond donors (Lipinski definition) is 3. The topological polar surface area (TPSA) is 121 Å². The van der Waals surface area contributed by atoms with Crippen LogP contribution < -0.4 is 5.84 Å². The van der Waals surface area contributed by atoms with E-state index in [1.54, 1.807) is 0 Å². The summed E-state index contributed by atoms with van der Waals surface area (Å²) < 4.78 is 0. The normalized spacial score (nSPS) is 11.8. The van der Waals surface area contributed by atoms with E-state index in [1.807, 2.05) is 0 Å². The molecule has 7 heteroatoms. The Morgan fingerprint density at radius 2 is 1.62 bits per heavy atom. The number of phenolic OH excluding ortho intramolecular Hbond substituents is 1. The summed E-state index contributed by atoms with van der Waals surface area (Å²) in [7, 11) is 0. The van der Waals surface area contributed by atoms with Crippen molar-refractivity contribution in [2.75, 3.05) is 0 Å². The maximum Gasteiger partial charge on any atom is 0.316 e. The van der Waals surface area contributed by atoms with Gasteiger partial charge in [-0.25, -0.2) is 10.9 Å². The summed E-state index contributed by atoms with van der Waals surface area (Å²) in [5.74, 6) is 0.645. The first kappa shape index (κ1) is 21.6. The van der Waals surface area contributed by atoms with Gasteiger partial charge < -0.3 is 10.2 Å². The summed E-state index contributed by atoms with van der Waals surface area (Å²) in [6.45, 7) is 2.14. The molecule has 0 saturated carbocycles. The van der Waals surface area contributed by atoms with E-state index in [-0.39, 0.29) is 22.7 Å². The first-order chi connectivity index (χ1) is 12.4. The van der Waals surface area contributed by atoms with Gasteiger partial charge in [0.1, 0.15) is 11.7 Å². The summed E-state index contributed by atoms with van der Waals surface area (Å²) in [6, 6.07) is 5.64. The number of unbranched alkanes of at least 4 members (excludes halogenated alkanes) is 6. The second-order valence-electron chi connectivity index (χ2n) is 6.33. The molecular formula is C19H28N2O5. The molecule has 0 heterocycles. The number of para-hydroxylation sites is 1. The van der Waals surface area contributed by atoms with Crippen LogP contribution in [0.2, 0.25) is 0 Å². The van der Waals surface area contributed by atoms with Crippen LogP contribution in [-0.4, -0.2) is 33.0 Å². The SMILES string of the molecule is CCCCCCCCCC(C(=O)O)C(=O)N(N)C(=O)c1ccccc1O. The van der Waals surface area contributed by atoms with Crippen molar-refractivity contribution in [3.8, 4) is 5.75 Å². The van der Waals surface area contributed by atoms with Crippen LogP contribution in [0.3, 0.4) is 0 Å². The van der Waals surface area contributed by atoms with Crippen molar-refractivity contribution in [3.05, 3.63) is 29.8 Å². The van der Waals surface area contributed by atoms with E-state index in [0.29, 0.717) is 6.42 Å². The molecule has 0 saturated heterocycles. The number of imide groups is 1. The van der Waals surface area contributed by atoms with E-state index in [1.165, 1.54) is 30.7 Å². The van der Waals surface area contributed by atoms with Crippen molar-refractivity contribution in [1.82, 2.24) is 5.01 Å². The molecule has 1 aromatic rings. The van der Waals surface area contributed by atoms with Crippen molar-refractivity contribution in [2.24, 2.45) is 11.8 Å². The first-order valence-electron chi connectivity index (χ1n) is 9.04. The maximum absolute atomic E-state index is 12.3. The Morgan fingerprint density at radius 1 is 1.04 bits per heavy atom. The van der Waals surface area contributed by atoms with Gasteiger partial charge in [-0.2, -0.15) is 0 Å². The number of hydrazine groups is 1. The molecule has 7 nitrogen and oxygen atoms in total. The average Bonchev–Trinajstić information content (AvgIpc) is 2.62. The Labute approximate surface area is 153 Å². The standard InChI is InChI=1S/C19H28N2O5/c1-2-3-4-5-6-7-8-12-15(19(25)26)18(24)21(20)17(23)14-11-9-10-13-16(14)22/h9-11,13,15,22H,2-8,12,20H2,1H3,(H,25,26). The maximum atomic E-state index is 12.3. The Kier molecular flexibility index (Phi) is 9.36. The second-order valence-corrected chi connectivity index (χ2v) is 6.33. The number of aliphatic carboxylic acids is 1. The van der Waals surface area contributed by atoms with Crippen LogP contribution in [0.4, 0.5) is 0 Å². The lowest BCUT2D eigenvalue weighted by Gasteiger charge is -2.19. The van der Waals surface area contributed by atoms with Gasteiger partial charge in [0.2, 0.25) is 0 Å². The number of rotatable bonds is 11. The van der Waals surface area contributed by atoms with E-state index in [0.717, 1.165) is 32.1 Å². The van der Waals surface area contributed by atoms with Crippen LogP contribution in [0.25, 0.3) is 0 Å². The van der Waals surface area contributed by atoms with E-state index in [2.05, 4.69) is 6.92 Å². The van der Waals surface area contributed by atoms with Gasteiger partial charge in [-0.3, -0.25) is 14.4 Å². The fraction of sp³-hybridized carbons (Fsp3) is 0.526. The number of carboxylic acid groups (broad SMARTS) is 1. The summed E-state index contributed by atoms with van der Waals surface area (Å²) in [5.41, 5.74) is -0.150. The minimum Gasteiger partial charge on any atom is -0.507 e. The van der Waals surface area contributed by atoms with Gasteiger partial charge in [0.15, 0.2) is 0 Å². The predicted octanol–water partition coefficient (Wildman–Crippen LogP) is 3.08. The monoisotopic (exact) mass is 364 g/mol. The van der Waals surface area contributed by atoms with Gasteiger partial charge in [-0.1, -0.05) is 64.0 Å². The number of benzene rings is 1. The van der Waals surface area contributed by atoms with Crippen molar-refractivity contribution in [2.45, 2.75) is 58.3 Å². The average molecular weight is 364 g/mol. The van der Waals surface area contributed by atoms with Crippen LogP contribution in [0.1, 0.15) is 68.6 Å². The molecule has 1 unspecified atom stereocenters. The number of amides is 2. The molecule has 0 aliphatic heterocycles. The molecule has 0 bridgehead atoms. The number of aromatic hydroxyl groups is 1. The molecule has 2 amide bonds. The molecule has 1 atom stereocenters. The van der Waals surface area contributed by atoms with Gasteiger partial charge in [0, 0.05) is 0 Å². The third-order valence-electron chi connectivity index (χ3n) is 4.28. The van der Waals surface area contributed by atoms with Gasteiger partial charge in [-0.05, 0) is 18.6 Å². The molecule has 0 aromatic heterocycles. The van der Waals surface area contributed by atoms with Crippen LogP contribution >= 0.6 is 0 Å². The number of carbonyl (C=O) groups excluding carboxylic acids is 2. The lowest BCUT2D eigenvalue weighted by molar-refractivity contribution is -0.150. The highest BCUT2D eigenvalue weighted by Crippen LogP contribution is 2.19. The van der Waals surface area contributed by atoms with Crippen LogP contribution in [0, 0.1) is 5.92 Å². The smallest absolute Gasteiger partial charge is 0.316 e. The molecule has 0 radical (unpaired) electrons. The second kappa shape index (κ2) is 11.3. The molecular weight excluding hydrogens is 336 g/mol. The van der Waals surface area contributed by atoms with E-state index in [9.17, 15) is 24.6 Å². The summed E-state index contributed by atoms with van der Waals surface area (Å²) in [5, 5.41) is 19.3. The first-order valence-corrected chi connectivity index (χ1v) is 9.04. The summed E-state index contributed by atoms with van der Waals surface area (Å²) >= 11 is 0. The van der Waals surface area contributed by atoms with Crippen LogP contribution in [0.15, 0.2) is 24.3 Å². The highest BCUT2D eigenvalue weighted by atomic mass is 16.4. The zero-order valence-corrected chi connectivity index (χ0v) is 15.2. The molecule has 0 aliphatic rings. The number of nitrogens with two attached hydrogens (primary N) is 1. The summed E-state index contributed by atoms with van der Waals surface area (Å²) in [4.78, 5) is 36.0. The third kappa shape index (κ3) is 6.48. The Bertz CT molecular complexity index is 618. The van der Waals surface area contributed by atoms with Crippen molar-refractivity contribution in [1.29, 1.82) is 0 Å². The van der Waals surface area contributed by atoms with Crippen molar-refractivity contribution >= 4 is 17.8 Å². The molecule has 0 aliphatic carbocycles. The highest BCUT2D eigenvalue weighted by Gasteiger charge is 2.33. The molecule has 1 aromatic carbocycles. The van der Waals surface area contributed by atoms with Gasteiger partial charge in [0.05, 0.1) is 5.56 Å². The van der Waals surface area contributed by atoms with Gasteiger partial charge in [0.25, 0.3) is 11.8 Å². The van der Waals surface area contributed by atoms with Gasteiger partial charge in [-0.15, -0.1) is 0 Å². The number of hydrogen-bond acceptors (Lipinski definition) is 5. The quantitative estimate of drug-likeness (QED) is 0.182. The third-order valence-corrected chi connectivity index (χ3v) is 4.28. The lowest BCUT2D eigenvalue weighted by atomic mass is 9.98. The lowest BCUT2D eigenvalue weighted by Crippen LogP contribution is -2.47. The van der Waals surface area contributed by atoms with Gasteiger partial charge >= 0.3 is 5.97 Å². The highest BCUT2D eigenvalue weighted by molar-refractivity contribution is 6.10. The fourth-order valence-electron chi connectivity index (χ4n) is 2.71. The molecule has 144 valence electrons. The van der Waals surface area contributed by atoms with Crippen LogP contribution in [0.5, 0.6) is 5.75 Å². The molecule has 26 heavy (non-hydrogen) atoms. The summed E-state index contributed by atoms with van der Waals surface area (Å²) in [6.07, 6.45) is 7.12. The van der Waals surface area contributed by atoms with Crippen molar-refractivity contribution < 1.29 is 24.6 Å². The molecule has 1 rings (SSSR count). The van der Waals surface area contributed by atoms with E-state index < -0.39 is 23.7 Å². The van der Waals surface area contributed by atoms with E-state index >= 15 is 0 Å². The minimum absolute atomic E-state index is 0.129. The zero-order chi connectivity index (χ0) is 19.5. The minimum atomic E-state index is -1.37. The van der Waals surface area contributed by atoms with E-state index in [4.69, 9.17) is 5.84 Å². The molecule has 4 N–H and O–H groups in total. The predicted molar refractivity (Wildman–Crippen MR) is 97.2 cm³/mol. The number of carbonyl (C=O) groups is 3. The Hall–Kier alpha value is -2.41. The number of phenols is 1. The largest absolute Gasteiger partial charge is 0.507 e. The Morgan fingerprint density at radius 3 is 2.19 bits per heavy atom. The fourth-order valence-corrected chi connectivity index (χ4v) is 2.71. The number of nitrogens with zero attached hydrogens (tertiary/aromatic N) is 1. The molecule has 0 fully saturated rings. The van der Waals surface area contributed by atoms with Crippen LogP contribution in [-0.2, 0) is 9.59 Å². The number of carboxylic acids is 1. The zero-order valence-electron chi connectivity index (χ0n) is 15.2. The Balaban J connectivity index is 2.60. The molecule has 0 spiro atoms.